The van der Waals surface area contributed by atoms with Crippen LogP contribution in [0.3, 0.4) is 0 Å². The van der Waals surface area contributed by atoms with Gasteiger partial charge in [0, 0.05) is 11.6 Å². The first-order chi connectivity index (χ1) is 7.65. The number of benzene rings is 1. The van der Waals surface area contributed by atoms with E-state index in [2.05, 4.69) is 4.74 Å². The molecule has 0 atom stereocenters. The largest absolute Gasteiger partial charge is 0.463 e. The van der Waals surface area contributed by atoms with Gasteiger partial charge in [0.2, 0.25) is 0 Å². The monoisotopic (exact) mass is 226 g/mol. The van der Waals surface area contributed by atoms with Gasteiger partial charge in [-0.25, -0.2) is 13.6 Å². The topological polar surface area (TPSA) is 26.3 Å². The van der Waals surface area contributed by atoms with Crippen molar-refractivity contribution in [2.45, 2.75) is 13.3 Å². The normalized spacial score (nSPS) is 11.6. The summed E-state index contributed by atoms with van der Waals surface area (Å²) in [5, 5.41) is 0. The molecule has 16 heavy (non-hydrogen) atoms. The quantitative estimate of drug-likeness (QED) is 0.583. The number of hydrogen-bond acceptors (Lipinski definition) is 2. The van der Waals surface area contributed by atoms with E-state index in [0.717, 1.165) is 6.08 Å². The summed E-state index contributed by atoms with van der Waals surface area (Å²) in [7, 11) is 0. The molecule has 86 valence electrons. The van der Waals surface area contributed by atoms with Crippen LogP contribution in [0.15, 0.2) is 36.4 Å². The van der Waals surface area contributed by atoms with Crippen molar-refractivity contribution in [2.24, 2.45) is 0 Å². The Labute approximate surface area is 92.5 Å². The van der Waals surface area contributed by atoms with E-state index in [4.69, 9.17) is 0 Å². The highest BCUT2D eigenvalue weighted by molar-refractivity contribution is 5.92. The average molecular weight is 226 g/mol. The second-order valence-electron chi connectivity index (χ2n) is 3.02. The third-order valence-corrected chi connectivity index (χ3v) is 1.90. The summed E-state index contributed by atoms with van der Waals surface area (Å²) >= 11 is 0. The molecule has 1 aromatic carbocycles. The van der Waals surface area contributed by atoms with Crippen molar-refractivity contribution in [3.05, 3.63) is 42.0 Å². The maximum absolute atomic E-state index is 12.7. The Hall–Kier alpha value is -1.71. The summed E-state index contributed by atoms with van der Waals surface area (Å²) in [4.78, 5) is 11.1. The molecule has 1 aromatic rings. The van der Waals surface area contributed by atoms with Gasteiger partial charge in [-0.3, -0.25) is 0 Å². The molecule has 0 heterocycles. The van der Waals surface area contributed by atoms with E-state index in [-0.39, 0.29) is 12.2 Å². The predicted molar refractivity (Wildman–Crippen MR) is 57.1 cm³/mol. The van der Waals surface area contributed by atoms with Gasteiger partial charge in [0.15, 0.2) is 0 Å². The maximum atomic E-state index is 12.7. The average Bonchev–Trinajstić information content (AvgIpc) is 2.27. The second-order valence-corrected chi connectivity index (χ2v) is 3.02. The van der Waals surface area contributed by atoms with Crippen molar-refractivity contribution in [3.8, 4) is 0 Å². The lowest BCUT2D eigenvalue weighted by Crippen LogP contribution is -2.04. The molecular weight excluding hydrogens is 214 g/mol. The number of esters is 1. The lowest BCUT2D eigenvalue weighted by molar-refractivity contribution is -0.137. The Balaban J connectivity index is 2.96. The number of rotatable bonds is 4. The third kappa shape index (κ3) is 3.46. The van der Waals surface area contributed by atoms with Crippen molar-refractivity contribution >= 4 is 11.5 Å². The van der Waals surface area contributed by atoms with Gasteiger partial charge in [-0.05, 0) is 12.5 Å². The van der Waals surface area contributed by atoms with Crippen LogP contribution in [0.5, 0.6) is 0 Å². The van der Waals surface area contributed by atoms with Crippen molar-refractivity contribution in [1.29, 1.82) is 0 Å². The van der Waals surface area contributed by atoms with E-state index in [1.54, 1.807) is 25.1 Å². The summed E-state index contributed by atoms with van der Waals surface area (Å²) in [5.74, 6) is -0.748. The van der Waals surface area contributed by atoms with Gasteiger partial charge < -0.3 is 4.74 Å². The maximum Gasteiger partial charge on any atom is 0.331 e. The zero-order valence-corrected chi connectivity index (χ0v) is 8.82. The SMILES string of the molecule is CCOC(=O)C=C(c1ccccc1)C(F)F. The third-order valence-electron chi connectivity index (χ3n) is 1.90. The van der Waals surface area contributed by atoms with Crippen LogP contribution in [-0.2, 0) is 9.53 Å². The van der Waals surface area contributed by atoms with E-state index >= 15 is 0 Å². The molecule has 0 unspecified atom stereocenters. The van der Waals surface area contributed by atoms with Gasteiger partial charge in [-0.1, -0.05) is 30.3 Å². The van der Waals surface area contributed by atoms with Crippen LogP contribution >= 0.6 is 0 Å². The van der Waals surface area contributed by atoms with Crippen LogP contribution in [-0.4, -0.2) is 19.0 Å². The Morgan fingerprint density at radius 2 is 2.00 bits per heavy atom. The zero-order chi connectivity index (χ0) is 12.0. The molecule has 4 heteroatoms. The first-order valence-electron chi connectivity index (χ1n) is 4.87. The first kappa shape index (κ1) is 12.4. The summed E-state index contributed by atoms with van der Waals surface area (Å²) in [6, 6.07) is 8.04. The standard InChI is InChI=1S/C12H12F2O2/c1-2-16-11(15)8-10(12(13)14)9-6-4-3-5-7-9/h3-8,12H,2H2,1H3. The molecule has 0 fully saturated rings. The molecule has 0 saturated carbocycles. The van der Waals surface area contributed by atoms with Gasteiger partial charge in [0.25, 0.3) is 6.43 Å². The summed E-state index contributed by atoms with van der Waals surface area (Å²) in [6.45, 7) is 1.79. The Morgan fingerprint density at radius 3 is 2.50 bits per heavy atom. The fraction of sp³-hybridized carbons (Fsp3) is 0.250. The fourth-order valence-corrected chi connectivity index (χ4v) is 1.21. The number of alkyl halides is 2. The Bertz CT molecular complexity index is 372. The van der Waals surface area contributed by atoms with E-state index < -0.39 is 12.4 Å². The Kier molecular flexibility index (Phi) is 4.64. The summed E-state index contributed by atoms with van der Waals surface area (Å²) in [5.41, 5.74) is 0.00426. The van der Waals surface area contributed by atoms with Crippen molar-refractivity contribution in [3.63, 3.8) is 0 Å². The van der Waals surface area contributed by atoms with E-state index in [1.807, 2.05) is 0 Å². The van der Waals surface area contributed by atoms with Gasteiger partial charge in [0.05, 0.1) is 6.61 Å². The minimum Gasteiger partial charge on any atom is -0.463 e. The summed E-state index contributed by atoms with van der Waals surface area (Å²) < 4.78 is 30.0. The number of ether oxygens (including phenoxy) is 1. The minimum absolute atomic E-state index is 0.167. The lowest BCUT2D eigenvalue weighted by atomic mass is 10.1. The Morgan fingerprint density at radius 1 is 1.38 bits per heavy atom. The molecule has 0 aliphatic heterocycles. The van der Waals surface area contributed by atoms with Crippen LogP contribution in [0.25, 0.3) is 5.57 Å². The van der Waals surface area contributed by atoms with Crippen LogP contribution in [0.4, 0.5) is 8.78 Å². The second kappa shape index (κ2) is 6.00. The molecule has 0 N–H and O–H groups in total. The van der Waals surface area contributed by atoms with Crippen LogP contribution in [0.1, 0.15) is 12.5 Å². The van der Waals surface area contributed by atoms with E-state index in [0.29, 0.717) is 5.56 Å². The number of allylic oxidation sites excluding steroid dienone is 1. The van der Waals surface area contributed by atoms with Crippen LogP contribution in [0.2, 0.25) is 0 Å². The van der Waals surface area contributed by atoms with E-state index in [9.17, 15) is 13.6 Å². The zero-order valence-electron chi connectivity index (χ0n) is 8.82. The predicted octanol–water partition coefficient (Wildman–Crippen LogP) is 2.90. The van der Waals surface area contributed by atoms with Gasteiger partial charge in [0.1, 0.15) is 0 Å². The molecule has 0 aliphatic rings. The number of hydrogen-bond donors (Lipinski definition) is 0. The highest BCUT2D eigenvalue weighted by Crippen LogP contribution is 2.21. The minimum atomic E-state index is -2.70. The smallest absolute Gasteiger partial charge is 0.331 e. The first-order valence-corrected chi connectivity index (χ1v) is 4.87. The highest BCUT2D eigenvalue weighted by atomic mass is 19.3. The highest BCUT2D eigenvalue weighted by Gasteiger charge is 2.15. The van der Waals surface area contributed by atoms with Gasteiger partial charge in [-0.2, -0.15) is 0 Å². The molecule has 1 rings (SSSR count). The molecule has 0 amide bonds. The molecule has 0 aliphatic carbocycles. The van der Waals surface area contributed by atoms with Crippen molar-refractivity contribution < 1.29 is 18.3 Å². The molecule has 0 bridgehead atoms. The fourth-order valence-electron chi connectivity index (χ4n) is 1.21. The number of carbonyl (C=O) groups is 1. The van der Waals surface area contributed by atoms with Crippen molar-refractivity contribution in [1.82, 2.24) is 0 Å². The molecular formula is C12H12F2O2. The van der Waals surface area contributed by atoms with Gasteiger partial charge in [-0.15, -0.1) is 0 Å². The number of halogens is 2. The molecule has 0 spiro atoms. The molecule has 0 radical (unpaired) electrons. The lowest BCUT2D eigenvalue weighted by Gasteiger charge is -2.06. The number of carbonyl (C=O) groups excluding carboxylic acids is 1. The molecule has 0 aromatic heterocycles. The van der Waals surface area contributed by atoms with Crippen LogP contribution in [0, 0.1) is 0 Å². The molecule has 2 nitrogen and oxygen atoms in total. The van der Waals surface area contributed by atoms with E-state index in [1.165, 1.54) is 12.1 Å². The molecule has 0 saturated heterocycles. The summed E-state index contributed by atoms with van der Waals surface area (Å²) in [6.07, 6.45) is -1.87. The van der Waals surface area contributed by atoms with Crippen LogP contribution < -0.4 is 0 Å². The van der Waals surface area contributed by atoms with Crippen molar-refractivity contribution in [2.75, 3.05) is 6.61 Å². The van der Waals surface area contributed by atoms with Gasteiger partial charge >= 0.3 is 5.97 Å².